The zero-order valence-corrected chi connectivity index (χ0v) is 16.0. The minimum absolute atomic E-state index is 0.00813. The topological polar surface area (TPSA) is 50.7 Å². The van der Waals surface area contributed by atoms with Crippen LogP contribution in [0.2, 0.25) is 15.1 Å². The summed E-state index contributed by atoms with van der Waals surface area (Å²) >= 11 is 17.8. The molecule has 2 rings (SSSR count). The van der Waals surface area contributed by atoms with Crippen LogP contribution < -0.4 is 5.43 Å². The van der Waals surface area contributed by atoms with E-state index in [4.69, 9.17) is 34.8 Å². The highest BCUT2D eigenvalue weighted by molar-refractivity contribution is 6.47. The fourth-order valence-corrected chi connectivity index (χ4v) is 2.81. The Labute approximate surface area is 167 Å². The minimum atomic E-state index is -4.56. The molecule has 0 bridgehead atoms. The number of esters is 1. The Morgan fingerprint density at radius 1 is 1.11 bits per heavy atom. The van der Waals surface area contributed by atoms with Gasteiger partial charge in [0.05, 0.1) is 24.2 Å². The van der Waals surface area contributed by atoms with Crippen LogP contribution >= 0.6 is 34.8 Å². The number of hydrogen-bond acceptors (Lipinski definition) is 4. The number of carbonyl (C=O) groups excluding carboxylic acids is 1. The lowest BCUT2D eigenvalue weighted by Crippen LogP contribution is -2.22. The fourth-order valence-electron chi connectivity index (χ4n) is 2.06. The quantitative estimate of drug-likeness (QED) is 0.389. The third kappa shape index (κ3) is 5.51. The van der Waals surface area contributed by atoms with E-state index in [9.17, 15) is 18.0 Å². The molecule has 0 atom stereocenters. The zero-order valence-electron chi connectivity index (χ0n) is 13.7. The number of nitrogens with zero attached hydrogens (tertiary/aromatic N) is 1. The van der Waals surface area contributed by atoms with Gasteiger partial charge in [0.2, 0.25) is 0 Å². The SMILES string of the molecule is COC(=O)/C(=N\NCc1ccc(Cl)cc1Cl)c1ccc(C(F)(F)F)cc1Cl. The van der Waals surface area contributed by atoms with E-state index in [1.54, 1.807) is 12.1 Å². The molecule has 2 aromatic rings. The van der Waals surface area contributed by atoms with Crippen LogP contribution in [0.25, 0.3) is 0 Å². The highest BCUT2D eigenvalue weighted by Gasteiger charge is 2.31. The first-order valence-corrected chi connectivity index (χ1v) is 8.46. The first-order valence-electron chi connectivity index (χ1n) is 7.33. The van der Waals surface area contributed by atoms with Crippen molar-refractivity contribution in [3.8, 4) is 0 Å². The van der Waals surface area contributed by atoms with E-state index in [0.29, 0.717) is 21.7 Å². The van der Waals surface area contributed by atoms with Gasteiger partial charge < -0.3 is 10.2 Å². The van der Waals surface area contributed by atoms with Crippen LogP contribution in [0.15, 0.2) is 41.5 Å². The number of hydrazone groups is 1. The van der Waals surface area contributed by atoms with Crippen molar-refractivity contribution in [3.63, 3.8) is 0 Å². The number of hydrogen-bond donors (Lipinski definition) is 1. The number of carbonyl (C=O) groups is 1. The van der Waals surface area contributed by atoms with Crippen LogP contribution in [0.4, 0.5) is 13.2 Å². The lowest BCUT2D eigenvalue weighted by atomic mass is 10.1. The van der Waals surface area contributed by atoms with Crippen LogP contribution in [-0.2, 0) is 22.3 Å². The van der Waals surface area contributed by atoms with E-state index in [1.165, 1.54) is 6.07 Å². The average Bonchev–Trinajstić information content (AvgIpc) is 2.59. The van der Waals surface area contributed by atoms with Crippen LogP contribution in [-0.4, -0.2) is 18.8 Å². The van der Waals surface area contributed by atoms with E-state index in [2.05, 4.69) is 15.3 Å². The van der Waals surface area contributed by atoms with E-state index >= 15 is 0 Å². The van der Waals surface area contributed by atoms with Gasteiger partial charge in [0.15, 0.2) is 5.71 Å². The molecule has 2 aromatic carbocycles. The molecule has 0 unspecified atom stereocenters. The normalized spacial score (nSPS) is 12.0. The second-order valence-electron chi connectivity index (χ2n) is 5.21. The van der Waals surface area contributed by atoms with Crippen LogP contribution in [0.3, 0.4) is 0 Å². The van der Waals surface area contributed by atoms with Gasteiger partial charge in [0.1, 0.15) is 0 Å². The van der Waals surface area contributed by atoms with Gasteiger partial charge in [-0.2, -0.15) is 18.3 Å². The molecule has 0 aromatic heterocycles. The molecule has 0 aliphatic carbocycles. The number of methoxy groups -OCH3 is 1. The van der Waals surface area contributed by atoms with E-state index in [1.807, 2.05) is 0 Å². The molecule has 0 amide bonds. The molecule has 0 spiro atoms. The Kier molecular flexibility index (Phi) is 6.97. The van der Waals surface area contributed by atoms with Crippen LogP contribution in [0.1, 0.15) is 16.7 Å². The minimum Gasteiger partial charge on any atom is -0.464 e. The molecule has 4 nitrogen and oxygen atoms in total. The van der Waals surface area contributed by atoms with Crippen molar-refractivity contribution in [2.24, 2.45) is 5.10 Å². The summed E-state index contributed by atoms with van der Waals surface area (Å²) in [5, 5.41) is 4.46. The molecule has 0 saturated carbocycles. The van der Waals surface area contributed by atoms with E-state index in [-0.39, 0.29) is 22.8 Å². The Morgan fingerprint density at radius 2 is 1.81 bits per heavy atom. The Bertz CT molecular complexity index is 886. The molecule has 0 radical (unpaired) electrons. The fraction of sp³-hybridized carbons (Fsp3) is 0.176. The lowest BCUT2D eigenvalue weighted by Gasteiger charge is -2.11. The maximum Gasteiger partial charge on any atom is 0.416 e. The second kappa shape index (κ2) is 8.82. The van der Waals surface area contributed by atoms with Crippen molar-refractivity contribution in [1.82, 2.24) is 5.43 Å². The second-order valence-corrected chi connectivity index (χ2v) is 6.47. The number of alkyl halides is 3. The molecule has 27 heavy (non-hydrogen) atoms. The smallest absolute Gasteiger partial charge is 0.416 e. The van der Waals surface area contributed by atoms with Gasteiger partial charge in [-0.05, 0) is 29.8 Å². The Balaban J connectivity index is 2.30. The molecule has 10 heteroatoms. The number of ether oxygens (including phenoxy) is 1. The van der Waals surface area contributed by atoms with Crippen molar-refractivity contribution in [2.45, 2.75) is 12.7 Å². The first kappa shape index (κ1) is 21.3. The molecular formula is C17H12Cl3F3N2O2. The molecule has 144 valence electrons. The lowest BCUT2D eigenvalue weighted by molar-refractivity contribution is -0.137. The zero-order chi connectivity index (χ0) is 20.2. The summed E-state index contributed by atoms with van der Waals surface area (Å²) in [4.78, 5) is 12.0. The summed E-state index contributed by atoms with van der Waals surface area (Å²) in [6.45, 7) is 0.134. The van der Waals surface area contributed by atoms with Gasteiger partial charge in [0.25, 0.3) is 0 Å². The highest BCUT2D eigenvalue weighted by atomic mass is 35.5. The Morgan fingerprint density at radius 3 is 2.37 bits per heavy atom. The van der Waals surface area contributed by atoms with Crippen molar-refractivity contribution in [3.05, 3.63) is 68.2 Å². The van der Waals surface area contributed by atoms with Gasteiger partial charge in [-0.3, -0.25) is 0 Å². The van der Waals surface area contributed by atoms with Gasteiger partial charge in [0, 0.05) is 15.6 Å². The molecule has 0 aliphatic rings. The molecule has 1 N–H and O–H groups in total. The van der Waals surface area contributed by atoms with Gasteiger partial charge in [-0.25, -0.2) is 4.79 Å². The summed E-state index contributed by atoms with van der Waals surface area (Å²) in [5.41, 5.74) is 2.04. The molecular weight excluding hydrogens is 428 g/mol. The molecule has 0 aliphatic heterocycles. The predicted octanol–water partition coefficient (Wildman–Crippen LogP) is 5.33. The summed E-state index contributed by atoms with van der Waals surface area (Å²) in [6, 6.07) is 7.40. The number of halogens is 6. The maximum absolute atomic E-state index is 12.8. The van der Waals surface area contributed by atoms with E-state index in [0.717, 1.165) is 19.2 Å². The maximum atomic E-state index is 12.8. The van der Waals surface area contributed by atoms with Crippen molar-refractivity contribution >= 4 is 46.5 Å². The van der Waals surface area contributed by atoms with Crippen molar-refractivity contribution < 1.29 is 22.7 Å². The van der Waals surface area contributed by atoms with Crippen molar-refractivity contribution in [2.75, 3.05) is 7.11 Å². The highest BCUT2D eigenvalue weighted by Crippen LogP contribution is 2.32. The predicted molar refractivity (Wildman–Crippen MR) is 98.3 cm³/mol. The summed E-state index contributed by atoms with van der Waals surface area (Å²) in [5.74, 6) is -0.869. The summed E-state index contributed by atoms with van der Waals surface area (Å²) in [7, 11) is 1.12. The van der Waals surface area contributed by atoms with E-state index < -0.39 is 17.7 Å². The van der Waals surface area contributed by atoms with Gasteiger partial charge in [-0.1, -0.05) is 46.9 Å². The molecule has 0 heterocycles. The molecule has 0 fully saturated rings. The average molecular weight is 440 g/mol. The number of benzene rings is 2. The van der Waals surface area contributed by atoms with Crippen LogP contribution in [0.5, 0.6) is 0 Å². The summed E-state index contributed by atoms with van der Waals surface area (Å²) < 4.78 is 42.9. The van der Waals surface area contributed by atoms with Gasteiger partial charge >= 0.3 is 12.1 Å². The van der Waals surface area contributed by atoms with Crippen LogP contribution in [0, 0.1) is 0 Å². The number of rotatable bonds is 5. The third-order valence-corrected chi connectivity index (χ3v) is 4.31. The first-order chi connectivity index (χ1) is 12.6. The van der Waals surface area contributed by atoms with Gasteiger partial charge in [-0.15, -0.1) is 0 Å². The Hall–Kier alpha value is -1.96. The third-order valence-electron chi connectivity index (χ3n) is 3.41. The monoisotopic (exact) mass is 438 g/mol. The van der Waals surface area contributed by atoms with Crippen molar-refractivity contribution in [1.29, 1.82) is 0 Å². The summed E-state index contributed by atoms with van der Waals surface area (Å²) in [6.07, 6.45) is -4.56. The number of nitrogens with one attached hydrogen (secondary N) is 1. The largest absolute Gasteiger partial charge is 0.464 e. The standard InChI is InChI=1S/C17H12Cl3F3N2O2/c1-27-16(26)15(12-5-3-10(6-14(12)20)17(21,22)23)25-24-8-9-2-4-11(18)7-13(9)19/h2-7,24H,8H2,1H3/b25-15-. The molecule has 0 saturated heterocycles.